The van der Waals surface area contributed by atoms with Crippen LogP contribution in [0.2, 0.25) is 0 Å². The smallest absolute Gasteiger partial charge is 0.0928 e. The van der Waals surface area contributed by atoms with Gasteiger partial charge in [-0.05, 0) is 39.8 Å². The van der Waals surface area contributed by atoms with Gasteiger partial charge in [-0.1, -0.05) is 0 Å². The van der Waals surface area contributed by atoms with E-state index in [0.29, 0.717) is 5.88 Å². The lowest BCUT2D eigenvalue weighted by atomic mass is 10.2. The van der Waals surface area contributed by atoms with Crippen molar-refractivity contribution < 1.29 is 0 Å². The van der Waals surface area contributed by atoms with Crippen LogP contribution in [0.3, 0.4) is 0 Å². The van der Waals surface area contributed by atoms with Gasteiger partial charge in [0.15, 0.2) is 0 Å². The Morgan fingerprint density at radius 1 is 1.30 bits per heavy atom. The fraction of sp³-hybridized carbons (Fsp3) is 0.571. The van der Waals surface area contributed by atoms with Crippen molar-refractivity contribution in [2.24, 2.45) is 0 Å². The normalized spacial score (nSPS) is 11.4. The number of aromatic nitrogens is 2. The van der Waals surface area contributed by atoms with Crippen molar-refractivity contribution in [1.29, 1.82) is 0 Å². The fourth-order valence-corrected chi connectivity index (χ4v) is 3.91. The van der Waals surface area contributed by atoms with Gasteiger partial charge < -0.3 is 4.90 Å². The zero-order valence-corrected chi connectivity index (χ0v) is 14.3. The van der Waals surface area contributed by atoms with E-state index in [9.17, 15) is 0 Å². The Balaban J connectivity index is 1.64. The monoisotopic (exact) mass is 329 g/mol. The Hall–Kier alpha value is -0.490. The molecule has 2 aromatic rings. The summed E-state index contributed by atoms with van der Waals surface area (Å²) in [6.07, 6.45) is 3.44. The van der Waals surface area contributed by atoms with Crippen LogP contribution in [0.4, 0.5) is 0 Å². The average molecular weight is 330 g/mol. The summed E-state index contributed by atoms with van der Waals surface area (Å²) in [5.41, 5.74) is 4.10. The van der Waals surface area contributed by atoms with E-state index in [1.54, 1.807) is 22.7 Å². The van der Waals surface area contributed by atoms with Crippen LogP contribution in [0, 0.1) is 6.92 Å². The highest BCUT2D eigenvalue weighted by atomic mass is 35.5. The maximum Gasteiger partial charge on any atom is 0.0928 e. The summed E-state index contributed by atoms with van der Waals surface area (Å²) in [4.78, 5) is 12.5. The first-order valence-electron chi connectivity index (χ1n) is 6.75. The highest BCUT2D eigenvalue weighted by Gasteiger charge is 2.06. The van der Waals surface area contributed by atoms with Crippen LogP contribution >= 0.6 is 34.3 Å². The molecule has 0 radical (unpaired) electrons. The van der Waals surface area contributed by atoms with Gasteiger partial charge in [-0.15, -0.1) is 34.3 Å². The molecule has 110 valence electrons. The molecule has 2 rings (SSSR count). The highest BCUT2D eigenvalue weighted by molar-refractivity contribution is 7.10. The molecule has 20 heavy (non-hydrogen) atoms. The van der Waals surface area contributed by atoms with Gasteiger partial charge in [0.2, 0.25) is 0 Å². The van der Waals surface area contributed by atoms with E-state index in [4.69, 9.17) is 11.6 Å². The summed E-state index contributed by atoms with van der Waals surface area (Å²) in [6, 6.07) is 0. The van der Waals surface area contributed by atoms with Crippen LogP contribution in [-0.2, 0) is 18.8 Å². The van der Waals surface area contributed by atoms with Gasteiger partial charge in [0, 0.05) is 16.8 Å². The lowest BCUT2D eigenvalue weighted by Crippen LogP contribution is -2.19. The predicted octanol–water partition coefficient (Wildman–Crippen LogP) is 4.10. The first-order chi connectivity index (χ1) is 9.69. The molecular weight excluding hydrogens is 310 g/mol. The first kappa shape index (κ1) is 15.9. The number of rotatable bonds is 8. The molecule has 3 nitrogen and oxygen atoms in total. The largest absolute Gasteiger partial charge is 0.301 e. The Bertz CT molecular complexity index is 524. The molecule has 6 heteroatoms. The standard InChI is InChI=1S/C14H20ClN3S2/c1-11-13(20-10-16-11)8-18(2)6-4-3-5-14-17-12(7-15)9-19-14/h9-10H,3-8H2,1-2H3. The predicted molar refractivity (Wildman–Crippen MR) is 87.8 cm³/mol. The van der Waals surface area contributed by atoms with Crippen molar-refractivity contribution in [1.82, 2.24) is 14.9 Å². The topological polar surface area (TPSA) is 29.0 Å². The molecule has 0 saturated carbocycles. The van der Waals surface area contributed by atoms with Gasteiger partial charge in [-0.3, -0.25) is 0 Å². The molecule has 0 aromatic carbocycles. The Labute approximate surface area is 133 Å². The van der Waals surface area contributed by atoms with Crippen molar-refractivity contribution in [3.8, 4) is 0 Å². The van der Waals surface area contributed by atoms with Gasteiger partial charge >= 0.3 is 0 Å². The Morgan fingerprint density at radius 3 is 2.80 bits per heavy atom. The van der Waals surface area contributed by atoms with Crippen molar-refractivity contribution in [2.75, 3.05) is 13.6 Å². The second kappa shape index (κ2) is 8.08. The van der Waals surface area contributed by atoms with Crippen molar-refractivity contribution in [3.05, 3.63) is 32.2 Å². The zero-order valence-electron chi connectivity index (χ0n) is 11.9. The van der Waals surface area contributed by atoms with E-state index in [1.165, 1.54) is 28.4 Å². The maximum absolute atomic E-state index is 5.76. The first-order valence-corrected chi connectivity index (χ1v) is 9.05. The number of halogens is 1. The van der Waals surface area contributed by atoms with E-state index in [-0.39, 0.29) is 0 Å². The van der Waals surface area contributed by atoms with Crippen LogP contribution < -0.4 is 0 Å². The second-order valence-electron chi connectivity index (χ2n) is 4.92. The average Bonchev–Trinajstić information content (AvgIpc) is 3.05. The molecule has 2 heterocycles. The Kier molecular flexibility index (Phi) is 6.42. The molecule has 0 fully saturated rings. The maximum atomic E-state index is 5.76. The molecule has 2 aromatic heterocycles. The summed E-state index contributed by atoms with van der Waals surface area (Å²) in [7, 11) is 2.17. The third-order valence-corrected chi connectivity index (χ3v) is 5.33. The fourth-order valence-electron chi connectivity index (χ4n) is 1.99. The van der Waals surface area contributed by atoms with E-state index < -0.39 is 0 Å². The molecule has 0 unspecified atom stereocenters. The molecule has 0 aliphatic rings. The highest BCUT2D eigenvalue weighted by Crippen LogP contribution is 2.16. The minimum absolute atomic E-state index is 0.521. The number of hydrogen-bond donors (Lipinski definition) is 0. The minimum atomic E-state index is 0.521. The molecule has 0 atom stereocenters. The van der Waals surface area contributed by atoms with Crippen LogP contribution in [-0.4, -0.2) is 28.5 Å². The lowest BCUT2D eigenvalue weighted by Gasteiger charge is -2.15. The lowest BCUT2D eigenvalue weighted by molar-refractivity contribution is 0.320. The number of thiazole rings is 2. The molecule has 0 aliphatic carbocycles. The number of aryl methyl sites for hydroxylation is 2. The molecule has 0 N–H and O–H groups in total. The summed E-state index contributed by atoms with van der Waals surface area (Å²) >= 11 is 9.23. The van der Waals surface area contributed by atoms with Crippen LogP contribution in [0.25, 0.3) is 0 Å². The number of hydrogen-bond acceptors (Lipinski definition) is 5. The van der Waals surface area contributed by atoms with E-state index in [0.717, 1.165) is 25.2 Å². The van der Waals surface area contributed by atoms with Gasteiger partial charge in [0.1, 0.15) is 0 Å². The minimum Gasteiger partial charge on any atom is -0.301 e. The summed E-state index contributed by atoms with van der Waals surface area (Å²) in [6.45, 7) is 4.20. The Morgan fingerprint density at radius 2 is 2.15 bits per heavy atom. The SMILES string of the molecule is Cc1ncsc1CN(C)CCCCc1nc(CCl)cs1. The van der Waals surface area contributed by atoms with Crippen LogP contribution in [0.1, 0.15) is 34.1 Å². The molecule has 0 amide bonds. The van der Waals surface area contributed by atoms with Gasteiger partial charge in [-0.2, -0.15) is 0 Å². The summed E-state index contributed by atoms with van der Waals surface area (Å²) < 4.78 is 0. The summed E-state index contributed by atoms with van der Waals surface area (Å²) in [5.74, 6) is 0.521. The van der Waals surface area contributed by atoms with Crippen molar-refractivity contribution >= 4 is 34.3 Å². The molecule has 0 aliphatic heterocycles. The third kappa shape index (κ3) is 4.81. The second-order valence-corrected chi connectivity index (χ2v) is 7.07. The zero-order chi connectivity index (χ0) is 14.4. The van der Waals surface area contributed by atoms with Gasteiger partial charge in [0.05, 0.1) is 27.8 Å². The van der Waals surface area contributed by atoms with E-state index >= 15 is 0 Å². The number of alkyl halides is 1. The molecule has 0 spiro atoms. The van der Waals surface area contributed by atoms with E-state index in [1.807, 2.05) is 5.51 Å². The van der Waals surface area contributed by atoms with Crippen LogP contribution in [0.5, 0.6) is 0 Å². The van der Waals surface area contributed by atoms with E-state index in [2.05, 4.69) is 34.2 Å². The molecule has 0 saturated heterocycles. The quantitative estimate of drug-likeness (QED) is 0.539. The van der Waals surface area contributed by atoms with Gasteiger partial charge in [0.25, 0.3) is 0 Å². The van der Waals surface area contributed by atoms with Crippen LogP contribution in [0.15, 0.2) is 10.9 Å². The number of nitrogens with zero attached hydrogens (tertiary/aromatic N) is 3. The third-order valence-electron chi connectivity index (χ3n) is 3.18. The molecular formula is C14H20ClN3S2. The number of unbranched alkanes of at least 4 members (excludes halogenated alkanes) is 1. The molecule has 0 bridgehead atoms. The van der Waals surface area contributed by atoms with Crippen molar-refractivity contribution in [2.45, 2.75) is 38.6 Å². The van der Waals surface area contributed by atoms with Gasteiger partial charge in [-0.25, -0.2) is 9.97 Å². The summed E-state index contributed by atoms with van der Waals surface area (Å²) in [5, 5.41) is 3.27. The van der Waals surface area contributed by atoms with Crippen molar-refractivity contribution in [3.63, 3.8) is 0 Å².